The molecule has 1 fully saturated rings. The molecule has 46 heavy (non-hydrogen) atoms. The Labute approximate surface area is 268 Å². The van der Waals surface area contributed by atoms with E-state index >= 15 is 0 Å². The Kier molecular flexibility index (Phi) is 11.6. The van der Waals surface area contributed by atoms with Crippen LogP contribution in [0.5, 0.6) is 0 Å². The number of nitrogens with zero attached hydrogens (tertiary/aromatic N) is 2. The Morgan fingerprint density at radius 1 is 0.957 bits per heavy atom. The monoisotopic (exact) mass is 636 g/mol. The van der Waals surface area contributed by atoms with Gasteiger partial charge < -0.3 is 25.6 Å². The van der Waals surface area contributed by atoms with Gasteiger partial charge in [-0.2, -0.15) is 0 Å². The summed E-state index contributed by atoms with van der Waals surface area (Å²) in [6.45, 7) is 10.5. The van der Waals surface area contributed by atoms with Gasteiger partial charge in [-0.25, -0.2) is 18.4 Å². The van der Waals surface area contributed by atoms with Crippen molar-refractivity contribution < 1.29 is 27.9 Å². The highest BCUT2D eigenvalue weighted by Gasteiger charge is 2.21. The summed E-state index contributed by atoms with van der Waals surface area (Å²) in [4.78, 5) is 45.1. The molecule has 0 bridgehead atoms. The highest BCUT2D eigenvalue weighted by molar-refractivity contribution is 6.05. The Balaban J connectivity index is 1.43. The number of urea groups is 1. The van der Waals surface area contributed by atoms with E-state index in [0.29, 0.717) is 23.4 Å². The molecule has 1 aromatic heterocycles. The molecule has 1 saturated heterocycles. The summed E-state index contributed by atoms with van der Waals surface area (Å²) in [7, 11) is 0. The van der Waals surface area contributed by atoms with Crippen LogP contribution in [0.25, 0.3) is 0 Å². The summed E-state index contributed by atoms with van der Waals surface area (Å²) in [5.74, 6) is -1.84. The molecular weight excluding hydrogens is 594 g/mol. The van der Waals surface area contributed by atoms with Gasteiger partial charge in [0.1, 0.15) is 11.3 Å². The minimum Gasteiger partial charge on any atom is -0.444 e. The highest BCUT2D eigenvalue weighted by Crippen LogP contribution is 2.24. The first-order chi connectivity index (χ1) is 21.9. The van der Waals surface area contributed by atoms with Crippen molar-refractivity contribution in [3.63, 3.8) is 0 Å². The Morgan fingerprint density at radius 3 is 2.28 bits per heavy atom. The molecule has 2 aromatic carbocycles. The van der Waals surface area contributed by atoms with E-state index in [1.807, 2.05) is 0 Å². The molecule has 1 aliphatic rings. The predicted octanol–water partition coefficient (Wildman–Crippen LogP) is 7.33. The second-order valence-corrected chi connectivity index (χ2v) is 12.5. The number of amides is 4. The molecule has 4 rings (SSSR count). The molecule has 4 N–H and O–H groups in total. The molecule has 1 atom stereocenters. The van der Waals surface area contributed by atoms with Crippen LogP contribution in [0.4, 0.5) is 35.4 Å². The van der Waals surface area contributed by atoms with Crippen LogP contribution in [0.15, 0.2) is 60.8 Å². The topological polar surface area (TPSA) is 125 Å². The van der Waals surface area contributed by atoms with Gasteiger partial charge in [0.2, 0.25) is 0 Å². The first-order valence-corrected chi connectivity index (χ1v) is 15.5. The number of piperidine rings is 1. The number of hydrogen-bond donors (Lipinski definition) is 4. The number of nitrogens with one attached hydrogen (secondary N) is 4. The van der Waals surface area contributed by atoms with Gasteiger partial charge in [0.05, 0.1) is 17.4 Å². The van der Waals surface area contributed by atoms with Crippen molar-refractivity contribution in [3.05, 3.63) is 83.7 Å². The van der Waals surface area contributed by atoms with Crippen molar-refractivity contribution in [1.82, 2.24) is 15.2 Å². The number of carbonyl (C=O) groups is 3. The van der Waals surface area contributed by atoms with E-state index in [0.717, 1.165) is 56.9 Å². The zero-order chi connectivity index (χ0) is 33.3. The number of benzene rings is 2. The van der Waals surface area contributed by atoms with Gasteiger partial charge in [0, 0.05) is 18.0 Å². The predicted molar refractivity (Wildman–Crippen MR) is 174 cm³/mol. The molecule has 12 heteroatoms. The minimum atomic E-state index is -1.06. The Morgan fingerprint density at radius 2 is 1.65 bits per heavy atom. The molecule has 1 aliphatic heterocycles. The number of rotatable bonds is 10. The lowest BCUT2D eigenvalue weighted by molar-refractivity contribution is 0.0635. The first-order valence-electron chi connectivity index (χ1n) is 15.5. The van der Waals surface area contributed by atoms with Crippen molar-refractivity contribution in [2.45, 2.75) is 65.0 Å². The molecule has 0 saturated carbocycles. The van der Waals surface area contributed by atoms with E-state index in [2.05, 4.69) is 38.1 Å². The maximum Gasteiger partial charge on any atom is 0.412 e. The number of likely N-dealkylation sites (tertiary alicyclic amines) is 1. The number of ether oxygens (including phenoxy) is 1. The summed E-state index contributed by atoms with van der Waals surface area (Å²) < 4.78 is 32.4. The Bertz CT molecular complexity index is 1500. The van der Waals surface area contributed by atoms with Crippen molar-refractivity contribution in [2.75, 3.05) is 35.6 Å². The second-order valence-electron chi connectivity index (χ2n) is 12.5. The third-order valence-corrected chi connectivity index (χ3v) is 7.56. The molecule has 0 spiro atoms. The second kappa shape index (κ2) is 15.6. The van der Waals surface area contributed by atoms with Crippen LogP contribution in [0.1, 0.15) is 75.5 Å². The summed E-state index contributed by atoms with van der Waals surface area (Å²) >= 11 is 0. The smallest absolute Gasteiger partial charge is 0.412 e. The zero-order valence-electron chi connectivity index (χ0n) is 26.7. The van der Waals surface area contributed by atoms with E-state index in [1.54, 1.807) is 57.2 Å². The number of carbonyl (C=O) groups excluding carboxylic acids is 3. The number of anilines is 3. The van der Waals surface area contributed by atoms with Crippen molar-refractivity contribution in [3.8, 4) is 0 Å². The average molecular weight is 637 g/mol. The summed E-state index contributed by atoms with van der Waals surface area (Å²) in [5, 5.41) is 10.9. The number of aromatic nitrogens is 1. The van der Waals surface area contributed by atoms with Crippen LogP contribution < -0.4 is 21.3 Å². The van der Waals surface area contributed by atoms with Gasteiger partial charge >= 0.3 is 12.1 Å². The largest absolute Gasteiger partial charge is 0.444 e. The van der Waals surface area contributed by atoms with Crippen molar-refractivity contribution in [1.29, 1.82) is 0 Å². The van der Waals surface area contributed by atoms with Crippen LogP contribution in [0, 0.1) is 17.6 Å². The number of para-hydroxylation sites is 2. The van der Waals surface area contributed by atoms with Gasteiger partial charge in [-0.15, -0.1) is 0 Å². The molecule has 0 radical (unpaired) electrons. The van der Waals surface area contributed by atoms with Gasteiger partial charge in [-0.05, 0) is 108 Å². The maximum atomic E-state index is 13.7. The van der Waals surface area contributed by atoms with Crippen LogP contribution in [-0.2, 0) is 4.74 Å². The lowest BCUT2D eigenvalue weighted by Crippen LogP contribution is -2.35. The fourth-order valence-corrected chi connectivity index (χ4v) is 5.07. The zero-order valence-corrected chi connectivity index (χ0v) is 26.7. The number of pyridine rings is 1. The number of halogens is 2. The normalized spacial score (nSPS) is 14.7. The average Bonchev–Trinajstić information content (AvgIpc) is 2.99. The third kappa shape index (κ3) is 10.5. The first kappa shape index (κ1) is 34.3. The fraction of sp³-hybridized carbons (Fsp3) is 0.412. The molecular formula is C34H42F2N6O4. The molecule has 10 nitrogen and oxygen atoms in total. The quantitative estimate of drug-likeness (QED) is 0.185. The van der Waals surface area contributed by atoms with E-state index < -0.39 is 41.3 Å². The lowest BCUT2D eigenvalue weighted by Gasteiger charge is -2.30. The SMILES string of the molecule is CC1CCN(CCCC(NC(=O)Nc2ccc(F)c(F)c2)c2ccc(C(=O)Nc3ccccc3NC(=O)OC(C)(C)C)nc2)CC1. The highest BCUT2D eigenvalue weighted by atomic mass is 19.2. The van der Waals surface area contributed by atoms with Crippen molar-refractivity contribution >= 4 is 35.1 Å². The van der Waals surface area contributed by atoms with E-state index in [4.69, 9.17) is 4.74 Å². The Hall–Kier alpha value is -4.58. The van der Waals surface area contributed by atoms with E-state index in [1.165, 1.54) is 12.3 Å². The maximum absolute atomic E-state index is 13.7. The summed E-state index contributed by atoms with van der Waals surface area (Å²) in [6.07, 6.45) is 4.59. The molecule has 1 unspecified atom stereocenters. The van der Waals surface area contributed by atoms with Crippen molar-refractivity contribution in [2.24, 2.45) is 5.92 Å². The lowest BCUT2D eigenvalue weighted by atomic mass is 9.98. The fourth-order valence-electron chi connectivity index (χ4n) is 5.07. The summed E-state index contributed by atoms with van der Waals surface area (Å²) in [6, 6.07) is 12.1. The van der Waals surface area contributed by atoms with Gasteiger partial charge in [0.25, 0.3) is 5.91 Å². The van der Waals surface area contributed by atoms with E-state index in [-0.39, 0.29) is 11.4 Å². The minimum absolute atomic E-state index is 0.115. The van der Waals surface area contributed by atoms with E-state index in [9.17, 15) is 23.2 Å². The van der Waals surface area contributed by atoms with Gasteiger partial charge in [0.15, 0.2) is 11.6 Å². The molecule has 246 valence electrons. The number of hydrogen-bond acceptors (Lipinski definition) is 6. The standard InChI is InChI=1S/C34H42F2N6O4/c1-22-15-18-42(19-16-22)17-7-10-27(40-32(44)38-24-12-13-25(35)26(36)20-24)23-11-14-30(37-21-23)31(43)39-28-8-5-6-9-29(28)41-33(45)46-34(2,3)4/h5-6,8-9,11-14,20-22,27H,7,10,15-19H2,1-4H3,(H,39,43)(H,41,45)(H2,38,40,44). The molecule has 2 heterocycles. The molecule has 0 aliphatic carbocycles. The van der Waals surface area contributed by atoms with Gasteiger partial charge in [-0.1, -0.05) is 25.1 Å². The molecule has 4 amide bonds. The molecule has 3 aromatic rings. The van der Waals surface area contributed by atoms with Crippen LogP contribution >= 0.6 is 0 Å². The third-order valence-electron chi connectivity index (χ3n) is 7.56. The van der Waals surface area contributed by atoms with Gasteiger partial charge in [-0.3, -0.25) is 15.1 Å². The summed E-state index contributed by atoms with van der Waals surface area (Å²) in [5.41, 5.74) is 0.960. The van der Waals surface area contributed by atoms with Crippen LogP contribution in [0.2, 0.25) is 0 Å². The van der Waals surface area contributed by atoms with Crippen LogP contribution in [-0.4, -0.2) is 53.2 Å². The van der Waals surface area contributed by atoms with Crippen LogP contribution in [0.3, 0.4) is 0 Å².